The fourth-order valence-corrected chi connectivity index (χ4v) is 5.89. The Hall–Kier alpha value is 0.220. The molecule has 2 aliphatic rings. The van der Waals surface area contributed by atoms with Gasteiger partial charge < -0.3 is 5.32 Å². The number of thioether (sulfide) groups is 1. The summed E-state index contributed by atoms with van der Waals surface area (Å²) in [7, 11) is -2.95. The number of hydrogen-bond donors (Lipinski definition) is 1. The Morgan fingerprint density at radius 1 is 1.39 bits per heavy atom. The molecule has 106 valence electrons. The quantitative estimate of drug-likeness (QED) is 0.839. The van der Waals surface area contributed by atoms with E-state index in [-0.39, 0.29) is 11.1 Å². The highest BCUT2D eigenvalue weighted by molar-refractivity contribution is 8.01. The van der Waals surface area contributed by atoms with Gasteiger partial charge in [-0.1, -0.05) is 13.3 Å². The molecule has 2 heterocycles. The number of sulfone groups is 1. The fourth-order valence-electron chi connectivity index (χ4n) is 2.80. The summed E-state index contributed by atoms with van der Waals surface area (Å²) in [6.07, 6.45) is 3.55. The van der Waals surface area contributed by atoms with Crippen LogP contribution >= 0.6 is 11.8 Å². The van der Waals surface area contributed by atoms with Gasteiger partial charge in [-0.25, -0.2) is 8.42 Å². The second-order valence-electron chi connectivity index (χ2n) is 5.07. The lowest BCUT2D eigenvalue weighted by atomic mass is 10.1. The first kappa shape index (κ1) is 14.6. The van der Waals surface area contributed by atoms with E-state index in [1.807, 2.05) is 0 Å². The molecule has 0 aromatic carbocycles. The largest absolute Gasteiger partial charge is 0.315 e. The molecule has 1 N–H and O–H groups in total. The van der Waals surface area contributed by atoms with Crippen molar-refractivity contribution in [2.75, 3.05) is 36.9 Å². The third kappa shape index (κ3) is 3.40. The SMILES string of the molecule is CCS(=O)(=O)C1CSCCN1C1CCCCNC1. The average molecular weight is 292 g/mol. The van der Waals surface area contributed by atoms with E-state index < -0.39 is 9.84 Å². The molecule has 2 atom stereocenters. The van der Waals surface area contributed by atoms with Crippen molar-refractivity contribution in [1.82, 2.24) is 10.2 Å². The van der Waals surface area contributed by atoms with Gasteiger partial charge >= 0.3 is 0 Å². The summed E-state index contributed by atoms with van der Waals surface area (Å²) in [6.45, 7) is 4.70. The second kappa shape index (κ2) is 6.59. The van der Waals surface area contributed by atoms with E-state index in [0.717, 1.165) is 37.6 Å². The Bertz CT molecular complexity index is 351. The third-order valence-electron chi connectivity index (χ3n) is 3.93. The minimum Gasteiger partial charge on any atom is -0.315 e. The molecule has 4 nitrogen and oxygen atoms in total. The fraction of sp³-hybridized carbons (Fsp3) is 1.00. The average Bonchev–Trinajstić information content (AvgIpc) is 2.67. The van der Waals surface area contributed by atoms with Gasteiger partial charge in [0.2, 0.25) is 0 Å². The summed E-state index contributed by atoms with van der Waals surface area (Å²) >= 11 is 1.78. The molecule has 0 aromatic heterocycles. The van der Waals surface area contributed by atoms with Crippen LogP contribution in [-0.2, 0) is 9.84 Å². The molecular weight excluding hydrogens is 268 g/mol. The maximum Gasteiger partial charge on any atom is 0.166 e. The molecule has 6 heteroatoms. The Morgan fingerprint density at radius 3 is 3.00 bits per heavy atom. The van der Waals surface area contributed by atoms with Crippen molar-refractivity contribution in [2.24, 2.45) is 0 Å². The van der Waals surface area contributed by atoms with Crippen LogP contribution in [-0.4, -0.2) is 61.6 Å². The van der Waals surface area contributed by atoms with Crippen molar-refractivity contribution >= 4 is 21.6 Å². The maximum absolute atomic E-state index is 12.2. The Balaban J connectivity index is 2.11. The van der Waals surface area contributed by atoms with Gasteiger partial charge in [-0.15, -0.1) is 0 Å². The molecule has 0 saturated carbocycles. The Morgan fingerprint density at radius 2 is 2.22 bits per heavy atom. The van der Waals surface area contributed by atoms with E-state index in [9.17, 15) is 8.42 Å². The minimum absolute atomic E-state index is 0.258. The number of hydrogen-bond acceptors (Lipinski definition) is 5. The zero-order valence-corrected chi connectivity index (χ0v) is 12.7. The monoisotopic (exact) mass is 292 g/mol. The van der Waals surface area contributed by atoms with Crippen LogP contribution in [0.3, 0.4) is 0 Å². The van der Waals surface area contributed by atoms with Crippen LogP contribution in [0.4, 0.5) is 0 Å². The predicted octanol–water partition coefficient (Wildman–Crippen LogP) is 0.938. The first-order valence-electron chi connectivity index (χ1n) is 6.91. The van der Waals surface area contributed by atoms with E-state index in [1.54, 1.807) is 18.7 Å². The van der Waals surface area contributed by atoms with Crippen molar-refractivity contribution in [3.05, 3.63) is 0 Å². The zero-order chi connectivity index (χ0) is 13.0. The standard InChI is InChI=1S/C12H24N2O2S2/c1-2-18(15,16)12-10-17-8-7-14(12)11-5-3-4-6-13-9-11/h11-13H,2-10H2,1H3. The van der Waals surface area contributed by atoms with Gasteiger partial charge in [-0.3, -0.25) is 4.90 Å². The van der Waals surface area contributed by atoms with Crippen molar-refractivity contribution in [2.45, 2.75) is 37.6 Å². The molecule has 2 rings (SSSR count). The van der Waals surface area contributed by atoms with Crippen LogP contribution < -0.4 is 5.32 Å². The summed E-state index contributed by atoms with van der Waals surface area (Å²) < 4.78 is 24.4. The van der Waals surface area contributed by atoms with Crippen LogP contribution in [0.2, 0.25) is 0 Å². The highest BCUT2D eigenvalue weighted by Crippen LogP contribution is 2.25. The van der Waals surface area contributed by atoms with Crippen LogP contribution in [0.1, 0.15) is 26.2 Å². The molecule has 0 aromatic rings. The molecule has 0 amide bonds. The van der Waals surface area contributed by atoms with Gasteiger partial charge in [0.25, 0.3) is 0 Å². The molecule has 0 aliphatic carbocycles. The summed E-state index contributed by atoms with van der Waals surface area (Å²) in [4.78, 5) is 2.26. The summed E-state index contributed by atoms with van der Waals surface area (Å²) in [5, 5.41) is 3.18. The van der Waals surface area contributed by atoms with Crippen molar-refractivity contribution in [1.29, 1.82) is 0 Å². The van der Waals surface area contributed by atoms with Gasteiger partial charge in [0.1, 0.15) is 5.37 Å². The molecule has 2 fully saturated rings. The first-order chi connectivity index (χ1) is 8.65. The van der Waals surface area contributed by atoms with Crippen molar-refractivity contribution in [3.63, 3.8) is 0 Å². The highest BCUT2D eigenvalue weighted by Gasteiger charge is 2.36. The molecule has 2 unspecified atom stereocenters. The van der Waals surface area contributed by atoms with Gasteiger partial charge in [-0.05, 0) is 19.4 Å². The minimum atomic E-state index is -2.95. The molecule has 18 heavy (non-hydrogen) atoms. The zero-order valence-electron chi connectivity index (χ0n) is 11.1. The second-order valence-corrected chi connectivity index (χ2v) is 8.67. The van der Waals surface area contributed by atoms with Crippen molar-refractivity contribution < 1.29 is 8.42 Å². The molecule has 0 spiro atoms. The van der Waals surface area contributed by atoms with E-state index in [4.69, 9.17) is 0 Å². The van der Waals surface area contributed by atoms with Gasteiger partial charge in [0.15, 0.2) is 9.84 Å². The van der Waals surface area contributed by atoms with Crippen LogP contribution in [0.15, 0.2) is 0 Å². The highest BCUT2D eigenvalue weighted by atomic mass is 32.2. The van der Waals surface area contributed by atoms with Gasteiger partial charge in [0.05, 0.1) is 0 Å². The summed E-state index contributed by atoms with van der Waals surface area (Å²) in [5.41, 5.74) is 0. The number of rotatable bonds is 3. The van der Waals surface area contributed by atoms with E-state index in [0.29, 0.717) is 6.04 Å². The molecular formula is C12H24N2O2S2. The number of nitrogens with one attached hydrogen (secondary N) is 1. The molecule has 2 aliphatic heterocycles. The summed E-state index contributed by atoms with van der Waals surface area (Å²) in [6, 6.07) is 0.403. The molecule has 0 bridgehead atoms. The van der Waals surface area contributed by atoms with Crippen LogP contribution in [0, 0.1) is 0 Å². The Labute approximate surface area is 115 Å². The van der Waals surface area contributed by atoms with Crippen molar-refractivity contribution in [3.8, 4) is 0 Å². The lowest BCUT2D eigenvalue weighted by molar-refractivity contribution is 0.183. The normalized spacial score (nSPS) is 32.1. The lowest BCUT2D eigenvalue weighted by Crippen LogP contribution is -2.54. The van der Waals surface area contributed by atoms with Gasteiger partial charge in [-0.2, -0.15) is 11.8 Å². The van der Waals surface area contributed by atoms with Crippen LogP contribution in [0.5, 0.6) is 0 Å². The van der Waals surface area contributed by atoms with E-state index in [2.05, 4.69) is 10.2 Å². The maximum atomic E-state index is 12.2. The first-order valence-corrected chi connectivity index (χ1v) is 9.78. The third-order valence-corrected chi connectivity index (χ3v) is 7.24. The van der Waals surface area contributed by atoms with E-state index in [1.165, 1.54) is 12.8 Å². The lowest BCUT2D eigenvalue weighted by Gasteiger charge is -2.40. The number of nitrogens with zero attached hydrogens (tertiary/aromatic N) is 1. The smallest absolute Gasteiger partial charge is 0.166 e. The predicted molar refractivity (Wildman–Crippen MR) is 77.8 cm³/mol. The molecule has 0 radical (unpaired) electrons. The Kier molecular flexibility index (Phi) is 5.35. The van der Waals surface area contributed by atoms with Crippen LogP contribution in [0.25, 0.3) is 0 Å². The topological polar surface area (TPSA) is 49.4 Å². The molecule has 2 saturated heterocycles. The summed E-state index contributed by atoms with van der Waals surface area (Å²) in [5.74, 6) is 2.06. The van der Waals surface area contributed by atoms with Gasteiger partial charge in [0, 0.05) is 36.4 Å². The van der Waals surface area contributed by atoms with E-state index >= 15 is 0 Å².